The maximum Gasteiger partial charge on any atom is 0.269 e. The van der Waals surface area contributed by atoms with Crippen LogP contribution >= 0.6 is 0 Å². The van der Waals surface area contributed by atoms with Gasteiger partial charge in [-0.2, -0.15) is 0 Å². The maximum absolute atomic E-state index is 10.9. The Labute approximate surface area is 134 Å². The van der Waals surface area contributed by atoms with Gasteiger partial charge in [-0.25, -0.2) is 0 Å². The molecule has 0 aliphatic heterocycles. The fraction of sp³-hybridized carbons (Fsp3) is 0.235. The number of rotatable bonds is 4. The molecule has 0 aliphatic carbocycles. The van der Waals surface area contributed by atoms with E-state index in [1.54, 1.807) is 27.7 Å². The van der Waals surface area contributed by atoms with E-state index in [1.807, 2.05) is 0 Å². The molecule has 0 N–H and O–H groups in total. The molecule has 0 atom stereocenters. The molecule has 2 aromatic rings. The van der Waals surface area contributed by atoms with E-state index in [9.17, 15) is 20.2 Å². The van der Waals surface area contributed by atoms with Crippen LogP contribution in [0.15, 0.2) is 24.3 Å². The summed E-state index contributed by atoms with van der Waals surface area (Å²) in [4.78, 5) is 21.0. The second-order valence-corrected chi connectivity index (χ2v) is 5.55. The van der Waals surface area contributed by atoms with Gasteiger partial charge >= 0.3 is 0 Å². The van der Waals surface area contributed by atoms with Crippen LogP contribution in [0.25, 0.3) is 0 Å². The van der Waals surface area contributed by atoms with E-state index in [4.69, 9.17) is 0 Å². The maximum atomic E-state index is 10.9. The van der Waals surface area contributed by atoms with Crippen LogP contribution < -0.4 is 0 Å². The summed E-state index contributed by atoms with van der Waals surface area (Å²) in [6.45, 7) is 7.16. The molecular weight excluding hydrogens is 296 g/mol. The summed E-state index contributed by atoms with van der Waals surface area (Å²) in [7, 11) is 0. The van der Waals surface area contributed by atoms with E-state index >= 15 is 0 Å². The lowest BCUT2D eigenvalue weighted by Crippen LogP contribution is -2.01. The van der Waals surface area contributed by atoms with Crippen molar-refractivity contribution in [1.82, 2.24) is 0 Å². The van der Waals surface area contributed by atoms with Crippen molar-refractivity contribution in [1.29, 1.82) is 0 Å². The van der Waals surface area contributed by atoms with Crippen molar-refractivity contribution in [3.8, 4) is 0 Å². The Hall–Kier alpha value is -2.76. The number of benzene rings is 2. The van der Waals surface area contributed by atoms with Crippen LogP contribution in [0.4, 0.5) is 11.4 Å². The first-order chi connectivity index (χ1) is 10.7. The zero-order valence-electron chi connectivity index (χ0n) is 13.3. The molecule has 0 saturated heterocycles. The minimum absolute atomic E-state index is 0.0442. The van der Waals surface area contributed by atoms with Crippen LogP contribution in [0.5, 0.6) is 0 Å². The van der Waals surface area contributed by atoms with Crippen molar-refractivity contribution in [2.24, 2.45) is 0 Å². The molecule has 0 saturated carbocycles. The van der Waals surface area contributed by atoms with Gasteiger partial charge in [-0.05, 0) is 61.1 Å². The van der Waals surface area contributed by atoms with E-state index in [2.05, 4.69) is 6.42 Å². The first-order valence-corrected chi connectivity index (χ1v) is 6.99. The lowest BCUT2D eigenvalue weighted by Gasteiger charge is -2.13. The van der Waals surface area contributed by atoms with E-state index in [1.165, 1.54) is 24.3 Å². The quantitative estimate of drug-likeness (QED) is 0.625. The second-order valence-electron chi connectivity index (χ2n) is 5.55. The van der Waals surface area contributed by atoms with Gasteiger partial charge in [-0.1, -0.05) is 0 Å². The molecule has 6 heteroatoms. The highest BCUT2D eigenvalue weighted by atomic mass is 16.6. The zero-order chi connectivity index (χ0) is 17.3. The molecule has 2 radical (unpaired) electrons. The Balaban J connectivity index is 2.48. The minimum atomic E-state index is -0.424. The average molecular weight is 312 g/mol. The Morgan fingerprint density at radius 2 is 0.957 bits per heavy atom. The number of nitro groups is 2. The first kappa shape index (κ1) is 16.6. The highest BCUT2D eigenvalue weighted by Crippen LogP contribution is 2.29. The molecule has 0 aliphatic rings. The number of aryl methyl sites for hydroxylation is 4. The number of nitrogens with zero attached hydrogens (tertiary/aromatic N) is 2. The van der Waals surface area contributed by atoms with Gasteiger partial charge in [0.2, 0.25) is 0 Å². The summed E-state index contributed by atoms with van der Waals surface area (Å²) in [5.74, 6) is 0. The van der Waals surface area contributed by atoms with E-state index in [0.717, 1.165) is 33.4 Å². The van der Waals surface area contributed by atoms with Crippen molar-refractivity contribution in [3.63, 3.8) is 0 Å². The number of hydrogen-bond donors (Lipinski definition) is 0. The number of non-ortho nitro benzene ring substituents is 2. The number of hydrogen-bond acceptors (Lipinski definition) is 4. The van der Waals surface area contributed by atoms with Gasteiger partial charge in [-0.3, -0.25) is 20.2 Å². The molecule has 0 fully saturated rings. The number of nitro benzene ring substituents is 2. The lowest BCUT2D eigenvalue weighted by molar-refractivity contribution is -0.385. The fourth-order valence-electron chi connectivity index (χ4n) is 2.61. The van der Waals surface area contributed by atoms with Crippen molar-refractivity contribution < 1.29 is 9.85 Å². The summed E-state index contributed by atoms with van der Waals surface area (Å²) in [5.41, 5.74) is 4.61. The van der Waals surface area contributed by atoms with Crippen LogP contribution in [-0.2, 0) is 0 Å². The van der Waals surface area contributed by atoms with Crippen LogP contribution in [-0.4, -0.2) is 9.85 Å². The molecule has 2 aromatic carbocycles. The normalized spacial score (nSPS) is 10.6. The molecule has 0 heterocycles. The molecule has 0 bridgehead atoms. The highest BCUT2D eigenvalue weighted by molar-refractivity contribution is 5.56. The molecule has 2 rings (SSSR count). The van der Waals surface area contributed by atoms with Crippen molar-refractivity contribution in [2.45, 2.75) is 27.7 Å². The predicted molar refractivity (Wildman–Crippen MR) is 86.6 cm³/mol. The summed E-state index contributed by atoms with van der Waals surface area (Å²) >= 11 is 0. The van der Waals surface area contributed by atoms with Crippen molar-refractivity contribution in [3.05, 3.63) is 84.3 Å². The summed E-state index contributed by atoms with van der Waals surface area (Å²) < 4.78 is 0. The Bertz CT molecular complexity index is 699. The van der Waals surface area contributed by atoms with Crippen LogP contribution in [0.1, 0.15) is 33.4 Å². The molecule has 118 valence electrons. The smallest absolute Gasteiger partial charge is 0.258 e. The van der Waals surface area contributed by atoms with Gasteiger partial charge in [0, 0.05) is 24.3 Å². The Morgan fingerprint density at radius 3 is 1.17 bits per heavy atom. The van der Waals surface area contributed by atoms with Gasteiger partial charge < -0.3 is 0 Å². The van der Waals surface area contributed by atoms with Crippen LogP contribution in [0.2, 0.25) is 0 Å². The Morgan fingerprint density at radius 1 is 0.696 bits per heavy atom. The standard InChI is InChI=1S/C17H16N2O4/c1-10-5-14(18(20)21)6-11(2)16(10)9-17-12(3)7-15(19(22)23)8-13(17)4/h5-8H,1-4H3. The highest BCUT2D eigenvalue weighted by Gasteiger charge is 2.17. The topological polar surface area (TPSA) is 86.3 Å². The van der Waals surface area contributed by atoms with E-state index < -0.39 is 9.85 Å². The van der Waals surface area contributed by atoms with E-state index in [-0.39, 0.29) is 11.4 Å². The third-order valence-electron chi connectivity index (χ3n) is 3.71. The monoisotopic (exact) mass is 312 g/mol. The summed E-state index contributed by atoms with van der Waals surface area (Å²) in [6, 6.07) is 6.02. The van der Waals surface area contributed by atoms with Gasteiger partial charge in [-0.15, -0.1) is 0 Å². The van der Waals surface area contributed by atoms with Crippen LogP contribution in [0.3, 0.4) is 0 Å². The van der Waals surface area contributed by atoms with Gasteiger partial charge in [0.05, 0.1) is 16.3 Å². The van der Waals surface area contributed by atoms with Crippen molar-refractivity contribution in [2.75, 3.05) is 0 Å². The third kappa shape index (κ3) is 3.36. The largest absolute Gasteiger partial charge is 0.269 e. The van der Waals surface area contributed by atoms with Gasteiger partial charge in [0.15, 0.2) is 0 Å². The molecule has 0 aromatic heterocycles. The molecule has 0 spiro atoms. The van der Waals surface area contributed by atoms with E-state index in [0.29, 0.717) is 0 Å². The van der Waals surface area contributed by atoms with Crippen LogP contribution in [0, 0.1) is 54.3 Å². The van der Waals surface area contributed by atoms with Crippen molar-refractivity contribution >= 4 is 11.4 Å². The molecule has 6 nitrogen and oxygen atoms in total. The summed E-state index contributed by atoms with van der Waals surface area (Å²) in [5, 5.41) is 21.8. The SMILES string of the molecule is Cc1cc([N+](=O)[O-])cc(C)c1[C]c1c(C)cc([N+](=O)[O-])cc1C. The van der Waals surface area contributed by atoms with Gasteiger partial charge in [0.25, 0.3) is 11.4 Å². The molecule has 0 unspecified atom stereocenters. The molecule has 0 amide bonds. The second kappa shape index (κ2) is 6.16. The van der Waals surface area contributed by atoms with Gasteiger partial charge in [0.1, 0.15) is 0 Å². The first-order valence-electron chi connectivity index (χ1n) is 6.99. The summed E-state index contributed by atoms with van der Waals surface area (Å²) in [6.07, 6.45) is 3.26. The Kier molecular flexibility index (Phi) is 4.45. The lowest BCUT2D eigenvalue weighted by atomic mass is 9.91. The minimum Gasteiger partial charge on any atom is -0.258 e. The fourth-order valence-corrected chi connectivity index (χ4v) is 2.61. The molecular formula is C17H16N2O4. The molecule has 23 heavy (non-hydrogen) atoms. The third-order valence-corrected chi connectivity index (χ3v) is 3.71. The zero-order valence-corrected chi connectivity index (χ0v) is 13.3. The average Bonchev–Trinajstić information content (AvgIpc) is 2.44. The predicted octanol–water partition coefficient (Wildman–Crippen LogP) is 4.21.